The third kappa shape index (κ3) is 5.84. The smallest absolute Gasteiger partial charge is 0.390 e. The highest BCUT2D eigenvalue weighted by Crippen LogP contribution is 2.30. The van der Waals surface area contributed by atoms with Gasteiger partial charge < -0.3 is 9.74 Å². The second kappa shape index (κ2) is 9.32. The fourth-order valence-corrected chi connectivity index (χ4v) is 3.37. The molecule has 2 aromatic carbocycles. The molecular weight excluding hydrogens is 393 g/mol. The Morgan fingerprint density at radius 3 is 2.57 bits per heavy atom. The van der Waals surface area contributed by atoms with Crippen LogP contribution in [0.5, 0.6) is 0 Å². The number of halogens is 3. The minimum Gasteiger partial charge on any atom is -0.390 e. The van der Waals surface area contributed by atoms with Gasteiger partial charge in [-0.25, -0.2) is 0 Å². The third-order valence-electron chi connectivity index (χ3n) is 4.83. The van der Waals surface area contributed by atoms with Crippen LogP contribution in [-0.2, 0) is 22.4 Å². The lowest BCUT2D eigenvalue weighted by Crippen LogP contribution is -2.37. The molecule has 0 unspecified atom stereocenters. The van der Waals surface area contributed by atoms with E-state index in [1.165, 1.54) is 6.07 Å². The molecule has 1 atom stereocenters. The largest absolute Gasteiger partial charge is 0.416 e. The number of carbonyl (C=O) groups excluding carboxylic acids is 1. The molecule has 0 radical (unpaired) electrons. The fourth-order valence-electron chi connectivity index (χ4n) is 3.37. The number of hydrogen-bond donors (Lipinski definition) is 0. The average Bonchev–Trinajstić information content (AvgIpc) is 3.16. The summed E-state index contributed by atoms with van der Waals surface area (Å²) < 4.78 is 39.2. The Labute approximate surface area is 174 Å². The number of benzene rings is 2. The van der Waals surface area contributed by atoms with Crippen molar-refractivity contribution in [2.75, 3.05) is 6.54 Å². The van der Waals surface area contributed by atoms with Gasteiger partial charge in [0.15, 0.2) is 6.10 Å². The van der Waals surface area contributed by atoms with E-state index in [0.717, 1.165) is 23.4 Å². The lowest BCUT2D eigenvalue weighted by molar-refractivity contribution is -0.137. The number of carbonyl (C=O) groups is 1. The molecule has 160 valence electrons. The summed E-state index contributed by atoms with van der Waals surface area (Å²) in [6.45, 7) is 4.23. The van der Waals surface area contributed by atoms with Gasteiger partial charge in [-0.3, -0.25) is 4.79 Å². The number of amides is 1. The quantitative estimate of drug-likeness (QED) is 0.614. The van der Waals surface area contributed by atoms with Crippen molar-refractivity contribution in [1.82, 2.24) is 4.90 Å². The maximum absolute atomic E-state index is 13.1. The maximum Gasteiger partial charge on any atom is 0.416 e. The van der Waals surface area contributed by atoms with Crippen molar-refractivity contribution >= 4 is 11.6 Å². The zero-order chi connectivity index (χ0) is 21.7. The first-order chi connectivity index (χ1) is 14.2. The van der Waals surface area contributed by atoms with Gasteiger partial charge >= 0.3 is 6.18 Å². The zero-order valence-corrected chi connectivity index (χ0v) is 17.0. The second-order valence-electron chi connectivity index (χ2n) is 7.91. The predicted octanol–water partition coefficient (Wildman–Crippen LogP) is 5.27. The van der Waals surface area contributed by atoms with E-state index in [4.69, 9.17) is 4.84 Å². The number of hydrogen-bond acceptors (Lipinski definition) is 3. The van der Waals surface area contributed by atoms with Crippen LogP contribution in [0.4, 0.5) is 13.2 Å². The minimum atomic E-state index is -4.42. The summed E-state index contributed by atoms with van der Waals surface area (Å²) in [5, 5.41) is 4.14. The van der Waals surface area contributed by atoms with Crippen molar-refractivity contribution in [1.29, 1.82) is 0 Å². The van der Waals surface area contributed by atoms with E-state index in [1.807, 2.05) is 44.2 Å². The van der Waals surface area contributed by atoms with Crippen LogP contribution in [0.25, 0.3) is 0 Å². The highest BCUT2D eigenvalue weighted by molar-refractivity contribution is 6.01. The monoisotopic (exact) mass is 418 g/mol. The van der Waals surface area contributed by atoms with Gasteiger partial charge in [0.05, 0.1) is 17.8 Å². The Hall–Kier alpha value is -2.83. The van der Waals surface area contributed by atoms with Crippen molar-refractivity contribution in [3.05, 3.63) is 71.3 Å². The summed E-state index contributed by atoms with van der Waals surface area (Å²) in [6, 6.07) is 14.7. The van der Waals surface area contributed by atoms with Gasteiger partial charge in [0.2, 0.25) is 5.91 Å². The van der Waals surface area contributed by atoms with E-state index >= 15 is 0 Å². The Balaban J connectivity index is 1.72. The van der Waals surface area contributed by atoms with Crippen molar-refractivity contribution in [3.63, 3.8) is 0 Å². The Morgan fingerprint density at radius 1 is 1.17 bits per heavy atom. The van der Waals surface area contributed by atoms with E-state index in [2.05, 4.69) is 5.16 Å². The zero-order valence-electron chi connectivity index (χ0n) is 17.0. The van der Waals surface area contributed by atoms with Crippen LogP contribution in [0.1, 0.15) is 43.4 Å². The first-order valence-corrected chi connectivity index (χ1v) is 9.94. The molecule has 0 saturated carbocycles. The molecule has 0 aliphatic carbocycles. The normalized spacial score (nSPS) is 16.3. The summed E-state index contributed by atoms with van der Waals surface area (Å²) in [6.07, 6.45) is -3.89. The van der Waals surface area contributed by atoms with E-state index in [-0.39, 0.29) is 31.0 Å². The Morgan fingerprint density at radius 2 is 1.90 bits per heavy atom. The standard InChI is InChI=1S/C23H25F3N2O2/c1-16(2)11-22(29)28(14-17-7-6-10-19(12-17)23(24,25)26)15-20-13-21(27-30-20)18-8-4-3-5-9-18/h3-10,12,16,20H,11,13-15H2,1-2H3/t20-/m1/s1. The molecule has 1 heterocycles. The van der Waals surface area contributed by atoms with E-state index in [9.17, 15) is 18.0 Å². The van der Waals surface area contributed by atoms with Crippen LogP contribution < -0.4 is 0 Å². The Bertz CT molecular complexity index is 895. The number of oxime groups is 1. The second-order valence-corrected chi connectivity index (χ2v) is 7.91. The first kappa shape index (κ1) is 21.9. The molecule has 30 heavy (non-hydrogen) atoms. The lowest BCUT2D eigenvalue weighted by atomic mass is 10.0. The van der Waals surface area contributed by atoms with Gasteiger partial charge in [-0.1, -0.05) is 61.5 Å². The van der Waals surface area contributed by atoms with E-state index in [0.29, 0.717) is 18.4 Å². The molecule has 0 bridgehead atoms. The molecular formula is C23H25F3N2O2. The highest BCUT2D eigenvalue weighted by atomic mass is 19.4. The van der Waals surface area contributed by atoms with Gasteiger partial charge in [0, 0.05) is 19.4 Å². The van der Waals surface area contributed by atoms with Crippen LogP contribution in [0.3, 0.4) is 0 Å². The molecule has 0 N–H and O–H groups in total. The molecule has 1 aliphatic rings. The maximum atomic E-state index is 13.1. The molecule has 0 spiro atoms. The number of rotatable bonds is 7. The molecule has 7 heteroatoms. The molecule has 4 nitrogen and oxygen atoms in total. The van der Waals surface area contributed by atoms with Crippen LogP contribution in [-0.4, -0.2) is 29.2 Å². The summed E-state index contributed by atoms with van der Waals surface area (Å²) in [4.78, 5) is 19.9. The van der Waals surface area contributed by atoms with E-state index < -0.39 is 11.7 Å². The first-order valence-electron chi connectivity index (χ1n) is 9.94. The topological polar surface area (TPSA) is 41.9 Å². The third-order valence-corrected chi connectivity index (χ3v) is 4.83. The molecule has 2 aromatic rings. The fraction of sp³-hybridized carbons (Fsp3) is 0.391. The van der Waals surface area contributed by atoms with E-state index in [1.54, 1.807) is 11.0 Å². The number of nitrogens with zero attached hydrogens (tertiary/aromatic N) is 2. The molecule has 0 aromatic heterocycles. The van der Waals surface area contributed by atoms with Crippen LogP contribution in [0, 0.1) is 5.92 Å². The van der Waals surface area contributed by atoms with Crippen molar-refractivity contribution < 1.29 is 22.8 Å². The van der Waals surface area contributed by atoms with Gasteiger partial charge in [-0.15, -0.1) is 0 Å². The summed E-state index contributed by atoms with van der Waals surface area (Å²) in [7, 11) is 0. The SMILES string of the molecule is CC(C)CC(=O)N(Cc1cccc(C(F)(F)F)c1)C[C@H]1CC(c2ccccc2)=NO1. The molecule has 0 fully saturated rings. The molecule has 3 rings (SSSR count). The van der Waals surface area contributed by atoms with Gasteiger partial charge in [0.1, 0.15) is 0 Å². The molecule has 1 amide bonds. The van der Waals surface area contributed by atoms with Gasteiger partial charge in [0.25, 0.3) is 0 Å². The average molecular weight is 418 g/mol. The van der Waals surface area contributed by atoms with Crippen LogP contribution in [0.2, 0.25) is 0 Å². The predicted molar refractivity (Wildman–Crippen MR) is 109 cm³/mol. The lowest BCUT2D eigenvalue weighted by Gasteiger charge is -2.26. The van der Waals surface area contributed by atoms with Gasteiger partial charge in [-0.2, -0.15) is 13.2 Å². The van der Waals surface area contributed by atoms with Gasteiger partial charge in [-0.05, 0) is 29.2 Å². The highest BCUT2D eigenvalue weighted by Gasteiger charge is 2.31. The minimum absolute atomic E-state index is 0.0933. The van der Waals surface area contributed by atoms with Crippen LogP contribution in [0.15, 0.2) is 59.8 Å². The number of alkyl halides is 3. The Kier molecular flexibility index (Phi) is 6.80. The molecule has 1 aliphatic heterocycles. The molecule has 0 saturated heterocycles. The van der Waals surface area contributed by atoms with Crippen molar-refractivity contribution in [3.8, 4) is 0 Å². The van der Waals surface area contributed by atoms with Crippen LogP contribution >= 0.6 is 0 Å². The summed E-state index contributed by atoms with van der Waals surface area (Å²) in [5.41, 5.74) is 1.47. The van der Waals surface area contributed by atoms with Crippen molar-refractivity contribution in [2.24, 2.45) is 11.1 Å². The summed E-state index contributed by atoms with van der Waals surface area (Å²) >= 11 is 0. The van der Waals surface area contributed by atoms with Crippen molar-refractivity contribution in [2.45, 2.75) is 45.5 Å². The summed E-state index contributed by atoms with van der Waals surface area (Å²) in [5.74, 6) is 0.0290.